The maximum atomic E-state index is 12.6. The molecular formula is C24H27N3O5. The Balaban J connectivity index is 1.66. The van der Waals surface area contributed by atoms with E-state index >= 15 is 0 Å². The van der Waals surface area contributed by atoms with Gasteiger partial charge in [0.2, 0.25) is 0 Å². The van der Waals surface area contributed by atoms with Gasteiger partial charge in [0.15, 0.2) is 6.10 Å². The molecule has 0 radical (unpaired) electrons. The molecule has 1 aliphatic heterocycles. The fourth-order valence-electron chi connectivity index (χ4n) is 3.28. The van der Waals surface area contributed by atoms with Crippen molar-refractivity contribution >= 4 is 29.5 Å². The number of amides is 4. The molecule has 168 valence electrons. The Labute approximate surface area is 186 Å². The molecule has 1 heterocycles. The average Bonchev–Trinajstić information content (AvgIpc) is 3.00. The number of urea groups is 1. The Morgan fingerprint density at radius 2 is 1.72 bits per heavy atom. The molecule has 0 saturated carbocycles. The van der Waals surface area contributed by atoms with Crippen molar-refractivity contribution in [3.63, 3.8) is 0 Å². The third kappa shape index (κ3) is 4.80. The Kier molecular flexibility index (Phi) is 6.07. The lowest BCUT2D eigenvalue weighted by molar-refractivity contribution is -0.124. The van der Waals surface area contributed by atoms with Crippen LogP contribution in [0, 0.1) is 0 Å². The zero-order valence-corrected chi connectivity index (χ0v) is 18.7. The fourth-order valence-corrected chi connectivity index (χ4v) is 3.28. The largest absolute Gasteiger partial charge is 0.449 e. The van der Waals surface area contributed by atoms with Crippen LogP contribution in [-0.4, -0.2) is 29.9 Å². The smallest absolute Gasteiger partial charge is 0.338 e. The van der Waals surface area contributed by atoms with Gasteiger partial charge in [-0.05, 0) is 54.7 Å². The molecule has 4 amide bonds. The predicted octanol–water partition coefficient (Wildman–Crippen LogP) is 3.22. The number of benzene rings is 2. The number of hydrogen-bond donors (Lipinski definition) is 3. The van der Waals surface area contributed by atoms with E-state index in [-0.39, 0.29) is 11.0 Å². The highest BCUT2D eigenvalue weighted by molar-refractivity contribution is 6.07. The summed E-state index contributed by atoms with van der Waals surface area (Å²) in [4.78, 5) is 48.7. The lowest BCUT2D eigenvalue weighted by Crippen LogP contribution is -2.40. The van der Waals surface area contributed by atoms with Gasteiger partial charge in [-0.15, -0.1) is 0 Å². The summed E-state index contributed by atoms with van der Waals surface area (Å²) in [5, 5.41) is 7.46. The van der Waals surface area contributed by atoms with E-state index in [0.717, 1.165) is 5.56 Å². The summed E-state index contributed by atoms with van der Waals surface area (Å²) in [5.41, 5.74) is 1.02. The normalized spacial score (nSPS) is 19.0. The molecule has 1 saturated heterocycles. The van der Waals surface area contributed by atoms with E-state index in [1.54, 1.807) is 31.2 Å². The van der Waals surface area contributed by atoms with E-state index in [2.05, 4.69) is 36.7 Å². The van der Waals surface area contributed by atoms with Crippen molar-refractivity contribution in [1.82, 2.24) is 10.6 Å². The highest BCUT2D eigenvalue weighted by Crippen LogP contribution is 2.26. The maximum Gasteiger partial charge on any atom is 0.338 e. The molecule has 3 rings (SSSR count). The van der Waals surface area contributed by atoms with Crippen LogP contribution in [0.5, 0.6) is 0 Å². The van der Waals surface area contributed by atoms with E-state index in [1.807, 2.05) is 12.1 Å². The number of ether oxygens (including phenoxy) is 1. The van der Waals surface area contributed by atoms with Crippen LogP contribution in [-0.2, 0) is 25.3 Å². The van der Waals surface area contributed by atoms with Crippen LogP contribution in [0.3, 0.4) is 0 Å². The fraction of sp³-hybridized carbons (Fsp3) is 0.333. The molecule has 0 aromatic heterocycles. The number of carbonyl (C=O) groups is 4. The number of rotatable bonds is 5. The van der Waals surface area contributed by atoms with Crippen molar-refractivity contribution in [1.29, 1.82) is 0 Å². The van der Waals surface area contributed by atoms with E-state index in [9.17, 15) is 19.2 Å². The minimum atomic E-state index is -1.30. The van der Waals surface area contributed by atoms with Gasteiger partial charge < -0.3 is 15.4 Å². The molecule has 8 nitrogen and oxygen atoms in total. The van der Waals surface area contributed by atoms with E-state index < -0.39 is 35.5 Å². The Hall–Kier alpha value is -3.68. The average molecular weight is 437 g/mol. The third-order valence-electron chi connectivity index (χ3n) is 5.39. The summed E-state index contributed by atoms with van der Waals surface area (Å²) in [7, 11) is 0. The maximum absolute atomic E-state index is 12.6. The molecule has 32 heavy (non-hydrogen) atoms. The molecule has 0 aliphatic carbocycles. The lowest BCUT2D eigenvalue weighted by atomic mass is 9.87. The van der Waals surface area contributed by atoms with Crippen LogP contribution >= 0.6 is 0 Å². The van der Waals surface area contributed by atoms with Crippen LogP contribution in [0.15, 0.2) is 48.5 Å². The van der Waals surface area contributed by atoms with Gasteiger partial charge in [-0.25, -0.2) is 9.59 Å². The first kappa shape index (κ1) is 23.0. The monoisotopic (exact) mass is 437 g/mol. The van der Waals surface area contributed by atoms with Gasteiger partial charge >= 0.3 is 12.0 Å². The van der Waals surface area contributed by atoms with Gasteiger partial charge in [-0.3, -0.25) is 14.9 Å². The topological polar surface area (TPSA) is 114 Å². The Morgan fingerprint density at radius 1 is 1.06 bits per heavy atom. The molecule has 2 aromatic rings. The van der Waals surface area contributed by atoms with E-state index in [4.69, 9.17) is 4.74 Å². The summed E-state index contributed by atoms with van der Waals surface area (Å²) >= 11 is 0. The van der Waals surface area contributed by atoms with Crippen molar-refractivity contribution in [3.8, 4) is 0 Å². The van der Waals surface area contributed by atoms with Crippen LogP contribution in [0.25, 0.3) is 0 Å². The minimum Gasteiger partial charge on any atom is -0.449 e. The third-order valence-corrected chi connectivity index (χ3v) is 5.39. The SMILES string of the molecule is C[C@@H](OC(=O)c1cccc([C@@]2(C)NC(=O)NC2=O)c1)C(=O)Nc1ccc(C(C)(C)C)cc1. The highest BCUT2D eigenvalue weighted by Gasteiger charge is 2.43. The van der Waals surface area contributed by atoms with Crippen molar-refractivity contribution in [3.05, 3.63) is 65.2 Å². The second-order valence-electron chi connectivity index (χ2n) is 8.98. The first-order chi connectivity index (χ1) is 14.9. The van der Waals surface area contributed by atoms with Crippen LogP contribution in [0.4, 0.5) is 10.5 Å². The zero-order chi connectivity index (χ0) is 23.7. The standard InChI is InChI=1S/C24H27N3O5/c1-14(19(28)25-18-11-9-16(10-12-18)23(2,3)4)32-20(29)15-7-6-8-17(13-15)24(5)21(30)26-22(31)27-24/h6-14H,1-5H3,(H,25,28)(H2,26,27,30,31)/t14-,24-/m1/s1. The van der Waals surface area contributed by atoms with E-state index in [1.165, 1.54) is 19.1 Å². The second kappa shape index (κ2) is 8.45. The van der Waals surface area contributed by atoms with Gasteiger partial charge in [0.1, 0.15) is 5.54 Å². The summed E-state index contributed by atoms with van der Waals surface area (Å²) in [6.45, 7) is 9.32. The molecule has 2 atom stereocenters. The minimum absolute atomic E-state index is 0.00104. The molecule has 8 heteroatoms. The van der Waals surface area contributed by atoms with Crippen LogP contribution in [0.2, 0.25) is 0 Å². The van der Waals surface area contributed by atoms with Crippen LogP contribution in [0.1, 0.15) is 56.1 Å². The predicted molar refractivity (Wildman–Crippen MR) is 119 cm³/mol. The number of imide groups is 1. The van der Waals surface area contributed by atoms with Crippen molar-refractivity contribution < 1.29 is 23.9 Å². The summed E-state index contributed by atoms with van der Waals surface area (Å²) in [6.07, 6.45) is -1.04. The van der Waals surface area contributed by atoms with Gasteiger partial charge in [0.25, 0.3) is 11.8 Å². The molecular weight excluding hydrogens is 410 g/mol. The van der Waals surface area contributed by atoms with Gasteiger partial charge in [-0.1, -0.05) is 45.0 Å². The number of anilines is 1. The highest BCUT2D eigenvalue weighted by atomic mass is 16.5. The number of hydrogen-bond acceptors (Lipinski definition) is 5. The van der Waals surface area contributed by atoms with Crippen LogP contribution < -0.4 is 16.0 Å². The first-order valence-corrected chi connectivity index (χ1v) is 10.3. The quantitative estimate of drug-likeness (QED) is 0.491. The molecule has 1 fully saturated rings. The number of esters is 1. The number of carbonyl (C=O) groups excluding carboxylic acids is 4. The van der Waals surface area contributed by atoms with E-state index in [0.29, 0.717) is 11.3 Å². The molecule has 0 spiro atoms. The molecule has 0 bridgehead atoms. The van der Waals surface area contributed by atoms with Crippen molar-refractivity contribution in [2.24, 2.45) is 0 Å². The summed E-state index contributed by atoms with van der Waals surface area (Å²) < 4.78 is 5.31. The summed E-state index contributed by atoms with van der Waals surface area (Å²) in [6, 6.07) is 13.1. The van der Waals surface area contributed by atoms with Crippen molar-refractivity contribution in [2.45, 2.75) is 51.7 Å². The molecule has 1 aliphatic rings. The zero-order valence-electron chi connectivity index (χ0n) is 18.7. The Morgan fingerprint density at radius 3 is 2.28 bits per heavy atom. The molecule has 0 unspecified atom stereocenters. The Bertz CT molecular complexity index is 1070. The lowest BCUT2D eigenvalue weighted by Gasteiger charge is -2.21. The van der Waals surface area contributed by atoms with Gasteiger partial charge in [-0.2, -0.15) is 0 Å². The second-order valence-corrected chi connectivity index (χ2v) is 8.98. The molecule has 2 aromatic carbocycles. The van der Waals surface area contributed by atoms with Crippen molar-refractivity contribution in [2.75, 3.05) is 5.32 Å². The van der Waals surface area contributed by atoms with Gasteiger partial charge in [0.05, 0.1) is 5.56 Å². The summed E-state index contributed by atoms with van der Waals surface area (Å²) in [5.74, 6) is -1.70. The first-order valence-electron chi connectivity index (χ1n) is 10.3. The van der Waals surface area contributed by atoms with Gasteiger partial charge in [0, 0.05) is 5.69 Å². The number of nitrogens with one attached hydrogen (secondary N) is 3. The molecule has 3 N–H and O–H groups in total.